The number of carbonyl (C=O) groups is 1. The van der Waals surface area contributed by atoms with Crippen LogP contribution in [-0.4, -0.2) is 42.1 Å². The number of benzene rings is 1. The van der Waals surface area contributed by atoms with E-state index in [0.717, 1.165) is 24.1 Å². The second-order valence-electron chi connectivity index (χ2n) is 10.2. The highest BCUT2D eigenvalue weighted by Gasteiger charge is 2.41. The van der Waals surface area contributed by atoms with Crippen LogP contribution in [0.4, 0.5) is 17.6 Å². The van der Waals surface area contributed by atoms with Gasteiger partial charge < -0.3 is 5.32 Å². The molecule has 1 fully saturated rings. The zero-order valence-corrected chi connectivity index (χ0v) is 20.7. The number of aromatic amines is 1. The fourth-order valence-electron chi connectivity index (χ4n) is 4.88. The number of nitrogens with zero attached hydrogens (tertiary/aromatic N) is 5. The highest BCUT2D eigenvalue weighted by Crippen LogP contribution is 2.40. The first-order valence-electron chi connectivity index (χ1n) is 12.5. The molecule has 1 aliphatic heterocycles. The Morgan fingerprint density at radius 3 is 2.61 bits per heavy atom. The molecule has 0 bridgehead atoms. The topological polar surface area (TPSA) is 110 Å². The maximum Gasteiger partial charge on any atom is 0.389 e. The van der Waals surface area contributed by atoms with Crippen molar-refractivity contribution in [3.63, 3.8) is 0 Å². The van der Waals surface area contributed by atoms with Crippen molar-refractivity contribution in [1.82, 2.24) is 35.3 Å². The molecule has 202 valence electrons. The fraction of sp³-hybridized carbons (Fsp3) is 0.480. The van der Waals surface area contributed by atoms with E-state index in [2.05, 4.69) is 25.9 Å². The van der Waals surface area contributed by atoms with Gasteiger partial charge in [-0.1, -0.05) is 12.1 Å². The number of hydrogen-bond acceptors (Lipinski definition) is 5. The molecule has 1 aromatic carbocycles. The summed E-state index contributed by atoms with van der Waals surface area (Å²) in [5.41, 5.74) is -0.261. The van der Waals surface area contributed by atoms with Crippen LogP contribution in [0.3, 0.4) is 0 Å². The lowest BCUT2D eigenvalue weighted by Gasteiger charge is -2.37. The predicted molar refractivity (Wildman–Crippen MR) is 129 cm³/mol. The lowest BCUT2D eigenvalue weighted by Crippen LogP contribution is -2.49. The van der Waals surface area contributed by atoms with Crippen LogP contribution in [0.25, 0.3) is 11.3 Å². The van der Waals surface area contributed by atoms with Crippen LogP contribution in [0, 0.1) is 11.7 Å². The maximum atomic E-state index is 15.4. The molecule has 0 spiro atoms. The van der Waals surface area contributed by atoms with Crippen molar-refractivity contribution in [2.75, 3.05) is 0 Å². The van der Waals surface area contributed by atoms with Crippen LogP contribution in [0.5, 0.6) is 0 Å². The molecule has 0 saturated heterocycles. The second kappa shape index (κ2) is 9.84. The van der Waals surface area contributed by atoms with Crippen LogP contribution in [-0.2, 0) is 23.3 Å². The quantitative estimate of drug-likeness (QED) is 0.321. The largest absolute Gasteiger partial charge is 0.389 e. The van der Waals surface area contributed by atoms with E-state index < -0.39 is 35.6 Å². The molecule has 0 unspecified atom stereocenters. The number of rotatable bonds is 9. The number of H-pyrrole nitrogens is 1. The van der Waals surface area contributed by atoms with E-state index >= 15 is 4.39 Å². The van der Waals surface area contributed by atoms with Gasteiger partial charge in [0.1, 0.15) is 11.5 Å². The van der Waals surface area contributed by atoms with Gasteiger partial charge in [-0.3, -0.25) is 9.48 Å². The smallest absolute Gasteiger partial charge is 0.341 e. The van der Waals surface area contributed by atoms with Gasteiger partial charge in [-0.2, -0.15) is 23.0 Å². The van der Waals surface area contributed by atoms with E-state index in [9.17, 15) is 22.8 Å². The molecule has 1 atom stereocenters. The molecule has 0 radical (unpaired) electrons. The lowest BCUT2D eigenvalue weighted by molar-refractivity contribution is -0.135. The van der Waals surface area contributed by atoms with Gasteiger partial charge in [0.25, 0.3) is 5.91 Å². The Hall–Kier alpha value is -3.77. The van der Waals surface area contributed by atoms with Crippen LogP contribution < -0.4 is 11.0 Å². The maximum absolute atomic E-state index is 15.4. The van der Waals surface area contributed by atoms with Crippen LogP contribution >= 0.6 is 0 Å². The molecule has 1 aliphatic carbocycles. The molecule has 13 heteroatoms. The summed E-state index contributed by atoms with van der Waals surface area (Å²) in [6.45, 7) is 2.42. The van der Waals surface area contributed by atoms with Gasteiger partial charge in [0.05, 0.1) is 11.2 Å². The van der Waals surface area contributed by atoms with Crippen molar-refractivity contribution < 1.29 is 22.4 Å². The first kappa shape index (κ1) is 25.9. The Morgan fingerprint density at radius 1 is 1.16 bits per heavy atom. The minimum Gasteiger partial charge on any atom is -0.341 e. The molecule has 2 aliphatic rings. The lowest BCUT2D eigenvalue weighted by atomic mass is 9.80. The highest BCUT2D eigenvalue weighted by atomic mass is 19.4. The number of amides is 1. The molecule has 1 saturated carbocycles. The number of halogens is 4. The van der Waals surface area contributed by atoms with Crippen molar-refractivity contribution in [3.05, 3.63) is 63.6 Å². The number of hydrogen-bond donors (Lipinski definition) is 2. The van der Waals surface area contributed by atoms with Crippen LogP contribution in [0.1, 0.15) is 62.3 Å². The average Bonchev–Trinajstić information content (AvgIpc) is 3.35. The zero-order chi connectivity index (χ0) is 27.1. The van der Waals surface area contributed by atoms with E-state index in [4.69, 9.17) is 0 Å². The minimum atomic E-state index is -4.21. The van der Waals surface area contributed by atoms with Crippen molar-refractivity contribution >= 4 is 17.2 Å². The molecule has 3 heterocycles. The third-order valence-electron chi connectivity index (χ3n) is 7.00. The summed E-state index contributed by atoms with van der Waals surface area (Å²) >= 11 is 0. The monoisotopic (exact) mass is 533 g/mol. The van der Waals surface area contributed by atoms with E-state index in [1.165, 1.54) is 6.07 Å². The van der Waals surface area contributed by atoms with Gasteiger partial charge in [0.15, 0.2) is 0 Å². The van der Waals surface area contributed by atoms with Crippen molar-refractivity contribution in [2.45, 2.75) is 70.1 Å². The summed E-state index contributed by atoms with van der Waals surface area (Å²) < 4.78 is 55.2. The Labute approximate surface area is 214 Å². The number of alkyl halides is 3. The molecule has 2 aromatic heterocycles. The molecule has 5 rings (SSSR count). The van der Waals surface area contributed by atoms with Crippen LogP contribution in [0.15, 0.2) is 35.3 Å². The fourth-order valence-corrected chi connectivity index (χ4v) is 4.88. The number of carbonyl (C=O) groups excluding carboxylic acids is 1. The minimum absolute atomic E-state index is 0.0353. The zero-order valence-electron chi connectivity index (χ0n) is 20.7. The third-order valence-corrected chi connectivity index (χ3v) is 7.00. The summed E-state index contributed by atoms with van der Waals surface area (Å²) in [5, 5.41) is 16.8. The number of aryl methyl sites for hydroxylation is 1. The summed E-state index contributed by atoms with van der Waals surface area (Å²) in [4.78, 5) is 25.7. The second-order valence-corrected chi connectivity index (χ2v) is 10.2. The molecule has 1 amide bonds. The first-order chi connectivity index (χ1) is 18.0. The Balaban J connectivity index is 1.44. The van der Waals surface area contributed by atoms with E-state index in [0.29, 0.717) is 29.2 Å². The summed E-state index contributed by atoms with van der Waals surface area (Å²) in [6.07, 6.45) is -0.357. The van der Waals surface area contributed by atoms with E-state index in [1.807, 2.05) is 6.20 Å². The number of aromatic nitrogens is 6. The van der Waals surface area contributed by atoms with Gasteiger partial charge in [-0.25, -0.2) is 14.3 Å². The van der Waals surface area contributed by atoms with E-state index in [1.54, 1.807) is 29.8 Å². The Morgan fingerprint density at radius 2 is 1.95 bits per heavy atom. The van der Waals surface area contributed by atoms with E-state index in [-0.39, 0.29) is 30.5 Å². The molecular weight excluding hydrogens is 506 g/mol. The van der Waals surface area contributed by atoms with Gasteiger partial charge in [0.2, 0.25) is 0 Å². The molecule has 9 nitrogen and oxygen atoms in total. The Bertz CT molecular complexity index is 1430. The predicted octanol–water partition coefficient (Wildman–Crippen LogP) is 3.79. The number of nitrogens with one attached hydrogen (secondary N) is 2. The average molecular weight is 534 g/mol. The molecular formula is C25H27F4N7O2. The standard InChI is InChI=1S/C25H27F4N7O2/c1-24(18-8-7-15(12-19(18)26)4-2-3-10-25(27,28)29)13-17(20-9-11-35(32-20)14-16-5-6-16)21(22(37)30-24)36-23(38)31-33-34-36/h7-9,11-12,16H,2-6,10,13-14H2,1H3,(H,30,37)(H,31,34,38)/t24-/m0/s1. The first-order valence-corrected chi connectivity index (χ1v) is 12.5. The SMILES string of the molecule is C[C@@]1(c2ccc(CCCCC(F)(F)F)cc2F)CC(c2ccn(CC3CC3)n2)=C(n2nn[nH]c2=O)C(=O)N1. The normalized spacial score (nSPS) is 20.2. The van der Waals surface area contributed by atoms with Crippen molar-refractivity contribution in [2.24, 2.45) is 5.92 Å². The molecule has 38 heavy (non-hydrogen) atoms. The van der Waals surface area contributed by atoms with Gasteiger partial charge in [0, 0.05) is 36.7 Å². The van der Waals surface area contributed by atoms with Crippen molar-refractivity contribution in [3.8, 4) is 0 Å². The summed E-state index contributed by atoms with van der Waals surface area (Å²) in [5.74, 6) is -0.658. The molecule has 3 aromatic rings. The van der Waals surface area contributed by atoms with Gasteiger partial charge in [-0.05, 0) is 73.1 Å². The Kier molecular flexibility index (Phi) is 6.70. The third kappa shape index (κ3) is 5.55. The molecule has 2 N–H and O–H groups in total. The van der Waals surface area contributed by atoms with Gasteiger partial charge in [-0.15, -0.1) is 0 Å². The van der Waals surface area contributed by atoms with Crippen molar-refractivity contribution in [1.29, 1.82) is 0 Å². The number of unbranched alkanes of at least 4 members (excludes halogenated alkanes) is 1. The highest BCUT2D eigenvalue weighted by molar-refractivity contribution is 6.22. The summed E-state index contributed by atoms with van der Waals surface area (Å²) in [6, 6.07) is 6.26. The van der Waals surface area contributed by atoms with Crippen LogP contribution in [0.2, 0.25) is 0 Å². The van der Waals surface area contributed by atoms with Gasteiger partial charge >= 0.3 is 11.9 Å². The summed E-state index contributed by atoms with van der Waals surface area (Å²) in [7, 11) is 0. The number of tetrazole rings is 1.